The number of rotatable bonds is 5. The van der Waals surface area contributed by atoms with Gasteiger partial charge < -0.3 is 0 Å². The van der Waals surface area contributed by atoms with Crippen LogP contribution in [-0.4, -0.2) is 0 Å². The van der Waals surface area contributed by atoms with E-state index in [0.717, 1.165) is 30.4 Å². The summed E-state index contributed by atoms with van der Waals surface area (Å²) in [5.41, 5.74) is 3.23. The average Bonchev–Trinajstić information content (AvgIpc) is 2.54. The Labute approximate surface area is 141 Å². The Kier molecular flexibility index (Phi) is 5.08. The second kappa shape index (κ2) is 7.25. The Morgan fingerprint density at radius 1 is 0.917 bits per heavy atom. The molecule has 0 spiro atoms. The molecular weight excluding hydrogens is 309 g/mol. The molecular formula is C21H21F3. The lowest BCUT2D eigenvalue weighted by molar-refractivity contribution is 0.570. The number of halogens is 3. The number of hydrogen-bond acceptors (Lipinski definition) is 0. The third-order valence-electron chi connectivity index (χ3n) is 4.61. The molecule has 24 heavy (non-hydrogen) atoms. The van der Waals surface area contributed by atoms with Gasteiger partial charge in [0.25, 0.3) is 0 Å². The van der Waals surface area contributed by atoms with E-state index >= 15 is 0 Å². The number of allylic oxidation sites excluding steroid dienone is 2. The van der Waals surface area contributed by atoms with Crippen LogP contribution in [0.15, 0.2) is 36.4 Å². The van der Waals surface area contributed by atoms with Crippen molar-refractivity contribution in [1.29, 1.82) is 0 Å². The van der Waals surface area contributed by atoms with Crippen molar-refractivity contribution in [3.63, 3.8) is 0 Å². The lowest BCUT2D eigenvalue weighted by Gasteiger charge is -2.19. The third-order valence-corrected chi connectivity index (χ3v) is 4.61. The van der Waals surface area contributed by atoms with Crippen LogP contribution >= 0.6 is 0 Å². The van der Waals surface area contributed by atoms with E-state index in [0.29, 0.717) is 30.4 Å². The van der Waals surface area contributed by atoms with Crippen molar-refractivity contribution in [3.8, 4) is 0 Å². The fourth-order valence-electron chi connectivity index (χ4n) is 3.31. The largest absolute Gasteiger partial charge is 0.207 e. The van der Waals surface area contributed by atoms with Crippen molar-refractivity contribution in [2.45, 2.75) is 45.4 Å². The van der Waals surface area contributed by atoms with Crippen LogP contribution in [0.4, 0.5) is 13.2 Å². The molecule has 0 saturated carbocycles. The van der Waals surface area contributed by atoms with Crippen molar-refractivity contribution in [2.75, 3.05) is 0 Å². The highest BCUT2D eigenvalue weighted by Crippen LogP contribution is 2.32. The fourth-order valence-corrected chi connectivity index (χ4v) is 3.31. The summed E-state index contributed by atoms with van der Waals surface area (Å²) in [5, 5.41) is 0. The predicted octanol–water partition coefficient (Wildman–Crippen LogP) is 6.02. The van der Waals surface area contributed by atoms with Gasteiger partial charge in [-0.3, -0.25) is 0 Å². The number of fused-ring (bicyclic) bond motifs is 1. The Morgan fingerprint density at radius 3 is 2.38 bits per heavy atom. The smallest absolute Gasteiger partial charge is 0.133 e. The van der Waals surface area contributed by atoms with E-state index in [9.17, 15) is 13.2 Å². The Bertz CT molecular complexity index is 752. The van der Waals surface area contributed by atoms with Gasteiger partial charge in [0.15, 0.2) is 0 Å². The summed E-state index contributed by atoms with van der Waals surface area (Å²) in [6.07, 6.45) is 6.51. The summed E-state index contributed by atoms with van der Waals surface area (Å²) < 4.78 is 42.3. The molecule has 0 fully saturated rings. The minimum absolute atomic E-state index is 0.0595. The van der Waals surface area contributed by atoms with Gasteiger partial charge >= 0.3 is 0 Å². The average molecular weight is 330 g/mol. The molecule has 0 bridgehead atoms. The zero-order valence-electron chi connectivity index (χ0n) is 13.8. The SMILES string of the molecule is CCCCCc1cc(F)c(C2=CCc3cc(F)ccc3C2)c(F)c1. The molecule has 0 saturated heterocycles. The molecule has 0 unspecified atom stereocenters. The molecule has 0 atom stereocenters. The maximum atomic E-state index is 14.5. The van der Waals surface area contributed by atoms with Gasteiger partial charge in [-0.1, -0.05) is 31.9 Å². The standard InChI is InChI=1S/C21H21F3/c1-2-3-4-5-14-10-19(23)21(20(24)11-14)17-7-6-16-13-18(22)9-8-15(16)12-17/h7-11,13H,2-6,12H2,1H3. The van der Waals surface area contributed by atoms with Gasteiger partial charge in [-0.05, 0) is 72.2 Å². The summed E-state index contributed by atoms with van der Waals surface area (Å²) in [7, 11) is 0. The zero-order valence-corrected chi connectivity index (χ0v) is 13.8. The Hall–Kier alpha value is -2.03. The van der Waals surface area contributed by atoms with E-state index < -0.39 is 11.6 Å². The van der Waals surface area contributed by atoms with E-state index in [1.54, 1.807) is 12.1 Å². The van der Waals surface area contributed by atoms with Crippen LogP contribution in [0.25, 0.3) is 5.57 Å². The molecule has 0 N–H and O–H groups in total. The molecule has 3 heteroatoms. The summed E-state index contributed by atoms with van der Waals surface area (Å²) in [4.78, 5) is 0. The first-order chi connectivity index (χ1) is 11.6. The fraction of sp³-hybridized carbons (Fsp3) is 0.333. The molecule has 3 rings (SSSR count). The summed E-state index contributed by atoms with van der Waals surface area (Å²) in [6, 6.07) is 7.49. The van der Waals surface area contributed by atoms with Crippen LogP contribution in [0.3, 0.4) is 0 Å². The van der Waals surface area contributed by atoms with Gasteiger partial charge in [0.1, 0.15) is 17.5 Å². The highest BCUT2D eigenvalue weighted by atomic mass is 19.1. The summed E-state index contributed by atoms with van der Waals surface area (Å²) in [6.45, 7) is 2.10. The highest BCUT2D eigenvalue weighted by Gasteiger charge is 2.19. The van der Waals surface area contributed by atoms with E-state index in [1.807, 2.05) is 0 Å². The molecule has 2 aromatic carbocycles. The summed E-state index contributed by atoms with van der Waals surface area (Å²) in [5.74, 6) is -1.28. The second-order valence-corrected chi connectivity index (χ2v) is 6.41. The first kappa shape index (κ1) is 16.8. The number of benzene rings is 2. The van der Waals surface area contributed by atoms with Crippen LogP contribution in [0.5, 0.6) is 0 Å². The minimum atomic E-state index is -0.502. The molecule has 0 nitrogen and oxygen atoms in total. The van der Waals surface area contributed by atoms with Gasteiger partial charge in [-0.25, -0.2) is 13.2 Å². The van der Waals surface area contributed by atoms with Gasteiger partial charge in [0.2, 0.25) is 0 Å². The lowest BCUT2D eigenvalue weighted by atomic mass is 9.87. The Balaban J connectivity index is 1.85. The zero-order chi connectivity index (χ0) is 17.1. The number of aryl methyl sites for hydroxylation is 1. The topological polar surface area (TPSA) is 0 Å². The first-order valence-electron chi connectivity index (χ1n) is 8.53. The molecule has 0 aromatic heterocycles. The monoisotopic (exact) mass is 330 g/mol. The number of unbranched alkanes of at least 4 members (excludes halogenated alkanes) is 2. The van der Waals surface area contributed by atoms with Crippen LogP contribution in [0.2, 0.25) is 0 Å². The van der Waals surface area contributed by atoms with Crippen molar-refractivity contribution in [3.05, 3.63) is 76.1 Å². The van der Waals surface area contributed by atoms with Gasteiger partial charge in [-0.2, -0.15) is 0 Å². The number of hydrogen-bond donors (Lipinski definition) is 0. The molecule has 2 aromatic rings. The van der Waals surface area contributed by atoms with Crippen molar-refractivity contribution >= 4 is 5.57 Å². The maximum Gasteiger partial charge on any atom is 0.133 e. The lowest BCUT2D eigenvalue weighted by Crippen LogP contribution is -2.07. The Morgan fingerprint density at radius 2 is 1.67 bits per heavy atom. The van der Waals surface area contributed by atoms with Crippen LogP contribution in [-0.2, 0) is 19.3 Å². The molecule has 0 amide bonds. The maximum absolute atomic E-state index is 14.5. The molecule has 126 valence electrons. The quantitative estimate of drug-likeness (QED) is 0.588. The van der Waals surface area contributed by atoms with Crippen LogP contribution in [0.1, 0.15) is 48.4 Å². The van der Waals surface area contributed by atoms with Gasteiger partial charge in [-0.15, -0.1) is 0 Å². The van der Waals surface area contributed by atoms with E-state index in [2.05, 4.69) is 6.92 Å². The highest BCUT2D eigenvalue weighted by molar-refractivity contribution is 5.71. The normalized spacial score (nSPS) is 13.6. The predicted molar refractivity (Wildman–Crippen MR) is 91.4 cm³/mol. The van der Waals surface area contributed by atoms with E-state index in [4.69, 9.17) is 0 Å². The van der Waals surface area contributed by atoms with Crippen LogP contribution in [0, 0.1) is 17.5 Å². The first-order valence-corrected chi connectivity index (χ1v) is 8.53. The van der Waals surface area contributed by atoms with E-state index in [-0.39, 0.29) is 11.4 Å². The van der Waals surface area contributed by atoms with Gasteiger partial charge in [0, 0.05) is 5.56 Å². The van der Waals surface area contributed by atoms with Crippen molar-refractivity contribution in [2.24, 2.45) is 0 Å². The van der Waals surface area contributed by atoms with Crippen molar-refractivity contribution < 1.29 is 13.2 Å². The van der Waals surface area contributed by atoms with Crippen molar-refractivity contribution in [1.82, 2.24) is 0 Å². The molecule has 1 aliphatic rings. The third kappa shape index (κ3) is 3.55. The molecule has 1 aliphatic carbocycles. The molecule has 0 aliphatic heterocycles. The van der Waals surface area contributed by atoms with E-state index in [1.165, 1.54) is 24.3 Å². The second-order valence-electron chi connectivity index (χ2n) is 6.41. The van der Waals surface area contributed by atoms with Gasteiger partial charge in [0.05, 0.1) is 0 Å². The van der Waals surface area contributed by atoms with Crippen LogP contribution < -0.4 is 0 Å². The molecule has 0 heterocycles. The summed E-state index contributed by atoms with van der Waals surface area (Å²) >= 11 is 0. The molecule has 0 radical (unpaired) electrons. The minimum Gasteiger partial charge on any atom is -0.207 e.